The molecular formula is C26H28O7. The lowest BCUT2D eigenvalue weighted by Gasteiger charge is -2.25. The van der Waals surface area contributed by atoms with Crippen LogP contribution in [0.5, 0.6) is 28.7 Å². The van der Waals surface area contributed by atoms with Gasteiger partial charge in [-0.15, -0.1) is 0 Å². The van der Waals surface area contributed by atoms with E-state index in [0.29, 0.717) is 0 Å². The molecule has 1 aliphatic rings. The molecule has 33 heavy (non-hydrogen) atoms. The summed E-state index contributed by atoms with van der Waals surface area (Å²) < 4.78 is 10.4. The summed E-state index contributed by atoms with van der Waals surface area (Å²) in [5.41, 5.74) is 1.64. The third-order valence-electron chi connectivity index (χ3n) is 5.65. The fourth-order valence-electron chi connectivity index (χ4n) is 3.95. The highest BCUT2D eigenvalue weighted by molar-refractivity contribution is 6.31. The number of aromatic hydroxyl groups is 3. The Balaban J connectivity index is 2.42. The number of phenolic OH excluding ortho intramolecular Hbond substituents is 3. The van der Waals surface area contributed by atoms with Crippen LogP contribution >= 0.6 is 0 Å². The van der Waals surface area contributed by atoms with E-state index in [1.807, 2.05) is 39.8 Å². The van der Waals surface area contributed by atoms with E-state index in [9.17, 15) is 24.9 Å². The number of ketones is 2. The fraction of sp³-hybridized carbons (Fsp3) is 0.308. The highest BCUT2D eigenvalue weighted by atomic mass is 16.5. The summed E-state index contributed by atoms with van der Waals surface area (Å²) in [7, 11) is 2.65. The van der Waals surface area contributed by atoms with Gasteiger partial charge in [0.1, 0.15) is 11.5 Å². The van der Waals surface area contributed by atoms with Gasteiger partial charge in [0.15, 0.2) is 23.1 Å². The molecule has 0 fully saturated rings. The maximum Gasteiger partial charge on any atom is 0.203 e. The molecule has 3 rings (SSSR count). The van der Waals surface area contributed by atoms with Gasteiger partial charge >= 0.3 is 0 Å². The van der Waals surface area contributed by atoms with Crippen molar-refractivity contribution >= 4 is 11.6 Å². The first kappa shape index (κ1) is 23.9. The van der Waals surface area contributed by atoms with E-state index in [1.54, 1.807) is 0 Å². The molecule has 0 heterocycles. The van der Waals surface area contributed by atoms with Crippen molar-refractivity contribution in [2.24, 2.45) is 0 Å². The molecular weight excluding hydrogens is 424 g/mol. The first-order chi connectivity index (χ1) is 15.5. The molecule has 0 bridgehead atoms. The first-order valence-electron chi connectivity index (χ1n) is 10.5. The summed E-state index contributed by atoms with van der Waals surface area (Å²) in [5, 5.41) is 32.9. The number of carbonyl (C=O) groups is 2. The molecule has 0 atom stereocenters. The molecule has 0 spiro atoms. The number of hydrogen-bond donors (Lipinski definition) is 3. The number of allylic oxidation sites excluding steroid dienone is 4. The lowest BCUT2D eigenvalue weighted by Crippen LogP contribution is -2.24. The summed E-state index contributed by atoms with van der Waals surface area (Å²) in [6, 6.07) is 1.31. The Morgan fingerprint density at radius 3 is 1.85 bits per heavy atom. The van der Waals surface area contributed by atoms with Crippen LogP contribution in [0.2, 0.25) is 0 Å². The molecule has 0 saturated carbocycles. The summed E-state index contributed by atoms with van der Waals surface area (Å²) in [5.74, 6) is -2.56. The molecule has 0 saturated heterocycles. The van der Waals surface area contributed by atoms with E-state index in [1.165, 1.54) is 20.3 Å². The number of benzene rings is 2. The largest absolute Gasteiger partial charge is 0.507 e. The number of fused-ring (bicyclic) bond motifs is 2. The summed E-state index contributed by atoms with van der Waals surface area (Å²) in [6.45, 7) is 7.51. The topological polar surface area (TPSA) is 113 Å². The van der Waals surface area contributed by atoms with Crippen LogP contribution in [-0.4, -0.2) is 41.1 Å². The van der Waals surface area contributed by atoms with Gasteiger partial charge in [-0.3, -0.25) is 9.59 Å². The zero-order valence-electron chi connectivity index (χ0n) is 19.6. The highest BCUT2D eigenvalue weighted by Gasteiger charge is 2.40. The molecule has 174 valence electrons. The van der Waals surface area contributed by atoms with E-state index in [-0.39, 0.29) is 63.5 Å². The summed E-state index contributed by atoms with van der Waals surface area (Å²) in [4.78, 5) is 27.2. The normalized spacial score (nSPS) is 12.1. The molecule has 2 aromatic carbocycles. The second-order valence-electron chi connectivity index (χ2n) is 8.42. The zero-order valence-corrected chi connectivity index (χ0v) is 19.6. The van der Waals surface area contributed by atoms with Crippen LogP contribution in [0.15, 0.2) is 29.4 Å². The van der Waals surface area contributed by atoms with Crippen LogP contribution < -0.4 is 9.47 Å². The number of ether oxygens (including phenoxy) is 2. The Bertz CT molecular complexity index is 1220. The van der Waals surface area contributed by atoms with E-state index in [4.69, 9.17) is 9.47 Å². The molecule has 0 amide bonds. The van der Waals surface area contributed by atoms with Crippen LogP contribution in [0.3, 0.4) is 0 Å². The predicted molar refractivity (Wildman–Crippen MR) is 124 cm³/mol. The van der Waals surface area contributed by atoms with Gasteiger partial charge in [-0.05, 0) is 46.6 Å². The third-order valence-corrected chi connectivity index (χ3v) is 5.65. The molecule has 0 radical (unpaired) electrons. The standard InChI is InChI=1S/C26H28O7/c1-12(2)7-9-14-18-20(22(28)15(21(14)27)10-8-13(3)4)23(29)16-11-17(32-5)26(33-6)25(31)19(16)24(18)30/h7-8,11,27-28,31H,9-10H2,1-6H3. The molecule has 0 aromatic heterocycles. The lowest BCUT2D eigenvalue weighted by molar-refractivity contribution is 0.0972. The molecule has 0 aliphatic heterocycles. The minimum Gasteiger partial charge on any atom is -0.507 e. The average Bonchev–Trinajstić information content (AvgIpc) is 2.75. The van der Waals surface area contributed by atoms with Gasteiger partial charge in [0.05, 0.1) is 25.3 Å². The third kappa shape index (κ3) is 3.95. The second-order valence-corrected chi connectivity index (χ2v) is 8.42. The smallest absolute Gasteiger partial charge is 0.203 e. The molecule has 0 unspecified atom stereocenters. The Morgan fingerprint density at radius 2 is 1.33 bits per heavy atom. The van der Waals surface area contributed by atoms with Crippen molar-refractivity contribution in [3.8, 4) is 28.7 Å². The maximum absolute atomic E-state index is 13.6. The van der Waals surface area contributed by atoms with Crippen LogP contribution in [-0.2, 0) is 12.8 Å². The van der Waals surface area contributed by atoms with Gasteiger partial charge in [-0.25, -0.2) is 0 Å². The van der Waals surface area contributed by atoms with E-state index in [2.05, 4.69) is 0 Å². The minimum absolute atomic E-state index is 0.0751. The van der Waals surface area contributed by atoms with Crippen LogP contribution in [0.1, 0.15) is 70.7 Å². The first-order valence-corrected chi connectivity index (χ1v) is 10.5. The molecule has 2 aromatic rings. The molecule has 1 aliphatic carbocycles. The number of hydrogen-bond acceptors (Lipinski definition) is 7. The van der Waals surface area contributed by atoms with Gasteiger partial charge in [0.2, 0.25) is 5.75 Å². The quantitative estimate of drug-likeness (QED) is 0.468. The Labute approximate surface area is 192 Å². The Kier molecular flexibility index (Phi) is 6.53. The van der Waals surface area contributed by atoms with Crippen LogP contribution in [0.4, 0.5) is 0 Å². The number of phenols is 3. The lowest BCUT2D eigenvalue weighted by atomic mass is 9.78. The van der Waals surface area contributed by atoms with E-state index >= 15 is 0 Å². The fourth-order valence-corrected chi connectivity index (χ4v) is 3.95. The van der Waals surface area contributed by atoms with Gasteiger partial charge in [0, 0.05) is 22.3 Å². The van der Waals surface area contributed by atoms with Crippen molar-refractivity contribution in [3.05, 3.63) is 62.7 Å². The van der Waals surface area contributed by atoms with Crippen molar-refractivity contribution < 1.29 is 34.4 Å². The summed E-state index contributed by atoms with van der Waals surface area (Å²) in [6.07, 6.45) is 3.98. The van der Waals surface area contributed by atoms with Crippen molar-refractivity contribution in [1.82, 2.24) is 0 Å². The SMILES string of the molecule is COc1cc2c(c(O)c1OC)C(=O)c1c(CC=C(C)C)c(O)c(CC=C(C)C)c(O)c1C2=O. The van der Waals surface area contributed by atoms with Gasteiger partial charge < -0.3 is 24.8 Å². The minimum atomic E-state index is -0.686. The Morgan fingerprint density at radius 1 is 0.758 bits per heavy atom. The number of rotatable bonds is 6. The number of carbonyl (C=O) groups excluding carboxylic acids is 2. The van der Waals surface area contributed by atoms with E-state index < -0.39 is 23.1 Å². The van der Waals surface area contributed by atoms with Crippen molar-refractivity contribution in [1.29, 1.82) is 0 Å². The van der Waals surface area contributed by atoms with Gasteiger partial charge in [0.25, 0.3) is 0 Å². The van der Waals surface area contributed by atoms with Crippen molar-refractivity contribution in [2.45, 2.75) is 40.5 Å². The zero-order chi connectivity index (χ0) is 24.6. The average molecular weight is 453 g/mol. The van der Waals surface area contributed by atoms with Gasteiger partial charge in [-0.1, -0.05) is 23.3 Å². The second kappa shape index (κ2) is 9.02. The Hall–Kier alpha value is -3.74. The monoisotopic (exact) mass is 452 g/mol. The van der Waals surface area contributed by atoms with Crippen LogP contribution in [0.25, 0.3) is 0 Å². The summed E-state index contributed by atoms with van der Waals surface area (Å²) >= 11 is 0. The number of methoxy groups -OCH3 is 2. The predicted octanol–water partition coefficient (Wildman–Crippen LogP) is 4.61. The molecule has 3 N–H and O–H groups in total. The van der Waals surface area contributed by atoms with Crippen molar-refractivity contribution in [2.75, 3.05) is 14.2 Å². The molecule has 7 heteroatoms. The maximum atomic E-state index is 13.6. The highest BCUT2D eigenvalue weighted by Crippen LogP contribution is 2.49. The molecule has 7 nitrogen and oxygen atoms in total. The van der Waals surface area contributed by atoms with Gasteiger partial charge in [-0.2, -0.15) is 0 Å². The van der Waals surface area contributed by atoms with Crippen molar-refractivity contribution in [3.63, 3.8) is 0 Å². The van der Waals surface area contributed by atoms with E-state index in [0.717, 1.165) is 11.1 Å². The van der Waals surface area contributed by atoms with Crippen LogP contribution in [0, 0.1) is 0 Å².